The summed E-state index contributed by atoms with van der Waals surface area (Å²) >= 11 is 6.62. The summed E-state index contributed by atoms with van der Waals surface area (Å²) in [5.41, 5.74) is 5.17. The molecule has 0 bridgehead atoms. The van der Waals surface area contributed by atoms with Gasteiger partial charge in [-0.1, -0.05) is 60.7 Å². The van der Waals surface area contributed by atoms with E-state index in [1.807, 2.05) is 54.7 Å². The number of nitrogens with zero attached hydrogens (tertiary/aromatic N) is 4. The summed E-state index contributed by atoms with van der Waals surface area (Å²) in [7, 11) is 0. The van der Waals surface area contributed by atoms with Crippen LogP contribution in [0.15, 0.2) is 89.6 Å². The van der Waals surface area contributed by atoms with Gasteiger partial charge in [-0.15, -0.1) is 0 Å². The van der Waals surface area contributed by atoms with Crippen LogP contribution in [-0.2, 0) is 11.3 Å². The third-order valence-corrected chi connectivity index (χ3v) is 7.93. The molecular formula is C32H38ClN5O2. The Balaban J connectivity index is 1.30. The number of aromatic nitrogens is 1. The number of benzene rings is 1. The molecule has 210 valence electrons. The second kappa shape index (κ2) is 13.9. The van der Waals surface area contributed by atoms with Crippen LogP contribution in [0.1, 0.15) is 29.3 Å². The lowest BCUT2D eigenvalue weighted by Gasteiger charge is -2.35. The fourth-order valence-corrected chi connectivity index (χ4v) is 5.66. The van der Waals surface area contributed by atoms with Crippen LogP contribution in [-0.4, -0.2) is 84.7 Å². The van der Waals surface area contributed by atoms with Gasteiger partial charge in [-0.3, -0.25) is 14.8 Å². The lowest BCUT2D eigenvalue weighted by Crippen LogP contribution is -2.49. The molecule has 0 spiro atoms. The van der Waals surface area contributed by atoms with Crippen molar-refractivity contribution >= 4 is 23.8 Å². The molecule has 2 aliphatic heterocycles. The normalized spacial score (nSPS) is 24.6. The van der Waals surface area contributed by atoms with E-state index in [0.29, 0.717) is 24.7 Å². The van der Waals surface area contributed by atoms with Crippen LogP contribution in [0.5, 0.6) is 0 Å². The molecule has 1 aromatic heterocycles. The number of rotatable bonds is 5. The molecule has 1 atom stereocenters. The topological polar surface area (TPSA) is 60.9 Å². The second-order valence-electron chi connectivity index (χ2n) is 10.4. The Morgan fingerprint density at radius 2 is 1.80 bits per heavy atom. The third-order valence-electron chi connectivity index (χ3n) is 7.70. The largest absolute Gasteiger partial charge is 0.445 e. The fourth-order valence-electron chi connectivity index (χ4n) is 5.44. The summed E-state index contributed by atoms with van der Waals surface area (Å²) in [5.74, 6) is 0. The fraction of sp³-hybridized carbons (Fsp3) is 0.375. The SMILES string of the molecule is C=C1/C=C(Cl)\C=C/CC(N2CCNCC2)c2ncccc2/C=C\1CN1CCN(C(=O)OCc2ccccc2)CC1. The minimum absolute atomic E-state index is 0.174. The van der Waals surface area contributed by atoms with Crippen LogP contribution in [0, 0.1) is 0 Å². The van der Waals surface area contributed by atoms with Crippen molar-refractivity contribution in [1.29, 1.82) is 0 Å². The summed E-state index contributed by atoms with van der Waals surface area (Å²) in [5, 5.41) is 4.12. The average molecular weight is 560 g/mol. The maximum atomic E-state index is 12.7. The summed E-state index contributed by atoms with van der Waals surface area (Å²) in [4.78, 5) is 24.2. The number of nitrogens with one attached hydrogen (secondary N) is 1. The number of carbonyl (C=O) groups excluding carboxylic acids is 1. The number of hydrogen-bond donors (Lipinski definition) is 1. The monoisotopic (exact) mass is 559 g/mol. The molecule has 5 rings (SSSR count). The van der Waals surface area contributed by atoms with Crippen molar-refractivity contribution in [3.63, 3.8) is 0 Å². The van der Waals surface area contributed by atoms with Crippen molar-refractivity contribution in [1.82, 2.24) is 25.0 Å². The van der Waals surface area contributed by atoms with Gasteiger partial charge < -0.3 is 15.0 Å². The summed E-state index contributed by atoms with van der Waals surface area (Å²) in [6.07, 6.45) is 10.8. The first-order valence-corrected chi connectivity index (χ1v) is 14.5. The third kappa shape index (κ3) is 7.49. The second-order valence-corrected chi connectivity index (χ2v) is 10.9. The van der Waals surface area contributed by atoms with E-state index < -0.39 is 0 Å². The molecule has 0 radical (unpaired) electrons. The molecular weight excluding hydrogens is 522 g/mol. The first kappa shape index (κ1) is 28.3. The molecule has 40 heavy (non-hydrogen) atoms. The number of piperazine rings is 2. The van der Waals surface area contributed by atoms with E-state index in [1.165, 1.54) is 0 Å². The van der Waals surface area contributed by atoms with Gasteiger partial charge in [0.2, 0.25) is 0 Å². The number of carbonyl (C=O) groups is 1. The number of hydrogen-bond acceptors (Lipinski definition) is 6. The van der Waals surface area contributed by atoms with Crippen molar-refractivity contribution < 1.29 is 9.53 Å². The summed E-state index contributed by atoms with van der Waals surface area (Å²) < 4.78 is 5.55. The van der Waals surface area contributed by atoms with Crippen LogP contribution in [0.25, 0.3) is 6.08 Å². The first-order valence-electron chi connectivity index (χ1n) is 14.1. The highest BCUT2D eigenvalue weighted by molar-refractivity contribution is 6.31. The van der Waals surface area contributed by atoms with Gasteiger partial charge >= 0.3 is 6.09 Å². The van der Waals surface area contributed by atoms with Crippen molar-refractivity contribution in [2.24, 2.45) is 0 Å². The predicted octanol–water partition coefficient (Wildman–Crippen LogP) is 5.00. The van der Waals surface area contributed by atoms with Crippen molar-refractivity contribution in [3.8, 4) is 0 Å². The molecule has 2 saturated heterocycles. The number of fused-ring (bicyclic) bond motifs is 1. The molecule has 2 aromatic rings. The Bertz CT molecular complexity index is 1260. The molecule has 1 amide bonds. The zero-order valence-corrected chi connectivity index (χ0v) is 23.7. The molecule has 7 nitrogen and oxygen atoms in total. The van der Waals surface area contributed by atoms with Crippen LogP contribution < -0.4 is 5.32 Å². The van der Waals surface area contributed by atoms with Crippen LogP contribution in [0.3, 0.4) is 0 Å². The minimum Gasteiger partial charge on any atom is -0.445 e. The van der Waals surface area contributed by atoms with E-state index >= 15 is 0 Å². The highest BCUT2D eigenvalue weighted by atomic mass is 35.5. The molecule has 0 saturated carbocycles. The van der Waals surface area contributed by atoms with E-state index in [4.69, 9.17) is 21.3 Å². The van der Waals surface area contributed by atoms with E-state index in [9.17, 15) is 4.79 Å². The van der Waals surface area contributed by atoms with Gasteiger partial charge in [0.05, 0.1) is 11.7 Å². The van der Waals surface area contributed by atoms with Crippen LogP contribution in [0.4, 0.5) is 4.79 Å². The molecule has 1 N–H and O–H groups in total. The molecule has 3 heterocycles. The van der Waals surface area contributed by atoms with E-state index in [-0.39, 0.29) is 18.7 Å². The summed E-state index contributed by atoms with van der Waals surface area (Å²) in [6, 6.07) is 14.1. The van der Waals surface area contributed by atoms with E-state index in [0.717, 1.165) is 73.7 Å². The van der Waals surface area contributed by atoms with Crippen LogP contribution in [0.2, 0.25) is 0 Å². The number of pyridine rings is 1. The maximum absolute atomic E-state index is 12.7. The average Bonchev–Trinajstić information content (AvgIpc) is 3.01. The molecule has 1 aliphatic carbocycles. The molecule has 1 unspecified atom stereocenters. The van der Waals surface area contributed by atoms with Gasteiger partial charge in [-0.2, -0.15) is 0 Å². The Morgan fingerprint density at radius 3 is 2.58 bits per heavy atom. The van der Waals surface area contributed by atoms with Gasteiger partial charge in [0.15, 0.2) is 0 Å². The zero-order chi connectivity index (χ0) is 27.7. The maximum Gasteiger partial charge on any atom is 0.410 e. The van der Waals surface area contributed by atoms with Crippen molar-refractivity contribution in [2.75, 3.05) is 58.9 Å². The molecule has 3 aliphatic rings. The Kier molecular flexibility index (Phi) is 9.84. The quantitative estimate of drug-likeness (QED) is 0.556. The van der Waals surface area contributed by atoms with Crippen molar-refractivity contribution in [2.45, 2.75) is 19.1 Å². The van der Waals surface area contributed by atoms with Gasteiger partial charge in [0.25, 0.3) is 0 Å². The van der Waals surface area contributed by atoms with Crippen molar-refractivity contribution in [3.05, 3.63) is 106 Å². The van der Waals surface area contributed by atoms with Gasteiger partial charge in [-0.05, 0) is 53.0 Å². The van der Waals surface area contributed by atoms with Gasteiger partial charge in [-0.25, -0.2) is 4.79 Å². The Hall–Kier alpha value is -3.23. The number of amides is 1. The van der Waals surface area contributed by atoms with Gasteiger partial charge in [0, 0.05) is 70.1 Å². The smallest absolute Gasteiger partial charge is 0.410 e. The van der Waals surface area contributed by atoms with E-state index in [2.05, 4.69) is 39.9 Å². The number of allylic oxidation sites excluding steroid dienone is 3. The highest BCUT2D eigenvalue weighted by Crippen LogP contribution is 2.30. The number of halogens is 1. The predicted molar refractivity (Wildman–Crippen MR) is 161 cm³/mol. The summed E-state index contributed by atoms with van der Waals surface area (Å²) in [6.45, 7) is 12.1. The van der Waals surface area contributed by atoms with E-state index in [1.54, 1.807) is 4.90 Å². The molecule has 1 aromatic carbocycles. The van der Waals surface area contributed by atoms with Gasteiger partial charge in [0.1, 0.15) is 6.61 Å². The number of ether oxygens (including phenoxy) is 1. The Morgan fingerprint density at radius 1 is 1.02 bits per heavy atom. The minimum atomic E-state index is -0.262. The highest BCUT2D eigenvalue weighted by Gasteiger charge is 2.26. The lowest BCUT2D eigenvalue weighted by molar-refractivity contribution is 0.0738. The first-order chi connectivity index (χ1) is 19.6. The standard InChI is InChI=1S/C32H38ClN5O2/c1-25-21-29(33)10-5-11-30(37-15-13-34-14-16-37)31-27(9-6-12-35-31)22-28(25)23-36-17-19-38(20-18-36)32(39)40-24-26-7-3-2-4-8-26/h2-10,12,21-22,30,34H,1,11,13-20,23-24H2/b10-5-,28-22-,29-21+. The molecule has 2 fully saturated rings. The Labute approximate surface area is 242 Å². The zero-order valence-electron chi connectivity index (χ0n) is 23.0. The lowest BCUT2D eigenvalue weighted by atomic mass is 9.98. The van der Waals surface area contributed by atoms with Crippen LogP contribution >= 0.6 is 11.6 Å². The molecule has 8 heteroatoms.